The largest absolute Gasteiger partial charge is 0.573 e. The highest BCUT2D eigenvalue weighted by Gasteiger charge is 2.34. The minimum Gasteiger partial charge on any atom is -0.404 e. The molecule has 28 heavy (non-hydrogen) atoms. The summed E-state index contributed by atoms with van der Waals surface area (Å²) in [5.74, 6) is -2.96. The van der Waals surface area contributed by atoms with Crippen LogP contribution in [0.4, 0.5) is 13.2 Å². The minimum absolute atomic E-state index is 0.0314. The van der Waals surface area contributed by atoms with Gasteiger partial charge in [0.2, 0.25) is 5.82 Å². The normalized spacial score (nSPS) is 11.8. The van der Waals surface area contributed by atoms with Gasteiger partial charge in [0.25, 0.3) is 10.0 Å². The Bertz CT molecular complexity index is 1100. The summed E-state index contributed by atoms with van der Waals surface area (Å²) in [5.41, 5.74) is 0.511. The standard InChI is InChI=1S/C16H10F3N3O5S/c17-16(18,19)26-11-8-4-5-9-12(11)28(24,25)22-14(23)15-20-13(21-27-15)10-6-2-1-3-7-10/h1-9H,(H,22,23). The third kappa shape index (κ3) is 4.46. The average Bonchev–Trinajstić information content (AvgIpc) is 3.11. The van der Waals surface area contributed by atoms with Crippen molar-refractivity contribution in [2.45, 2.75) is 11.3 Å². The smallest absolute Gasteiger partial charge is 0.404 e. The van der Waals surface area contributed by atoms with E-state index in [2.05, 4.69) is 14.9 Å². The molecule has 0 unspecified atom stereocenters. The first-order chi connectivity index (χ1) is 13.2. The van der Waals surface area contributed by atoms with Gasteiger partial charge in [-0.3, -0.25) is 4.79 Å². The zero-order valence-corrected chi connectivity index (χ0v) is 14.5. The second kappa shape index (κ2) is 7.31. The minimum atomic E-state index is -5.12. The number of aromatic nitrogens is 2. The Kier molecular flexibility index (Phi) is 5.05. The molecule has 3 rings (SSSR count). The van der Waals surface area contributed by atoms with Gasteiger partial charge in [-0.05, 0) is 12.1 Å². The summed E-state index contributed by atoms with van der Waals surface area (Å²) >= 11 is 0. The van der Waals surface area contributed by atoms with Crippen molar-refractivity contribution in [2.75, 3.05) is 0 Å². The van der Waals surface area contributed by atoms with Crippen LogP contribution in [0.1, 0.15) is 10.7 Å². The van der Waals surface area contributed by atoms with E-state index in [1.54, 1.807) is 35.1 Å². The van der Waals surface area contributed by atoms with Gasteiger partial charge in [0.05, 0.1) is 0 Å². The van der Waals surface area contributed by atoms with Crippen LogP contribution in [0.15, 0.2) is 64.0 Å². The SMILES string of the molecule is O=C(NS(=O)(=O)c1ccccc1OC(F)(F)F)c1nc(-c2ccccc2)no1. The number of rotatable bonds is 5. The molecule has 1 heterocycles. The number of benzene rings is 2. The summed E-state index contributed by atoms with van der Waals surface area (Å²) in [6, 6.07) is 12.3. The Morgan fingerprint density at radius 3 is 2.36 bits per heavy atom. The number of sulfonamides is 1. The Morgan fingerprint density at radius 2 is 1.68 bits per heavy atom. The van der Waals surface area contributed by atoms with Crippen LogP contribution in [-0.4, -0.2) is 30.8 Å². The molecule has 1 N–H and O–H groups in total. The number of para-hydroxylation sites is 1. The molecule has 146 valence electrons. The van der Waals surface area contributed by atoms with E-state index in [-0.39, 0.29) is 5.82 Å². The molecule has 2 aromatic carbocycles. The summed E-state index contributed by atoms with van der Waals surface area (Å²) in [5, 5.41) is 3.56. The zero-order chi connectivity index (χ0) is 20.4. The summed E-state index contributed by atoms with van der Waals surface area (Å²) in [4.78, 5) is 15.0. The van der Waals surface area contributed by atoms with Gasteiger partial charge in [0, 0.05) is 5.56 Å². The van der Waals surface area contributed by atoms with Crippen LogP contribution in [0.3, 0.4) is 0 Å². The molecule has 0 atom stereocenters. The van der Waals surface area contributed by atoms with E-state index in [0.29, 0.717) is 5.56 Å². The van der Waals surface area contributed by atoms with Crippen LogP contribution >= 0.6 is 0 Å². The fraction of sp³-hybridized carbons (Fsp3) is 0.0625. The monoisotopic (exact) mass is 413 g/mol. The molecular formula is C16H10F3N3O5S. The van der Waals surface area contributed by atoms with Crippen LogP contribution in [0.2, 0.25) is 0 Å². The van der Waals surface area contributed by atoms with E-state index in [1.165, 1.54) is 6.07 Å². The second-order valence-electron chi connectivity index (χ2n) is 5.22. The van der Waals surface area contributed by atoms with Crippen molar-refractivity contribution < 1.29 is 35.6 Å². The van der Waals surface area contributed by atoms with Crippen LogP contribution < -0.4 is 9.46 Å². The fourth-order valence-electron chi connectivity index (χ4n) is 2.12. The van der Waals surface area contributed by atoms with E-state index in [0.717, 1.165) is 18.2 Å². The second-order valence-corrected chi connectivity index (χ2v) is 6.87. The third-order valence-electron chi connectivity index (χ3n) is 3.24. The number of carbonyl (C=O) groups is 1. The van der Waals surface area contributed by atoms with Crippen LogP contribution in [0, 0.1) is 0 Å². The van der Waals surface area contributed by atoms with Crippen LogP contribution in [0.5, 0.6) is 5.75 Å². The lowest BCUT2D eigenvalue weighted by molar-refractivity contribution is -0.275. The summed E-state index contributed by atoms with van der Waals surface area (Å²) < 4.78 is 72.0. The number of alkyl halides is 3. The highest BCUT2D eigenvalue weighted by atomic mass is 32.2. The number of hydrogen-bond donors (Lipinski definition) is 1. The molecule has 3 aromatic rings. The van der Waals surface area contributed by atoms with Gasteiger partial charge in [0.15, 0.2) is 0 Å². The molecule has 8 nitrogen and oxygen atoms in total. The number of ether oxygens (including phenoxy) is 1. The van der Waals surface area contributed by atoms with Crippen LogP contribution in [-0.2, 0) is 10.0 Å². The Morgan fingerprint density at radius 1 is 1.04 bits per heavy atom. The molecule has 0 bridgehead atoms. The molecule has 0 aliphatic heterocycles. The predicted molar refractivity (Wildman–Crippen MR) is 87.5 cm³/mol. The number of nitrogens with one attached hydrogen (secondary N) is 1. The van der Waals surface area contributed by atoms with Gasteiger partial charge in [-0.1, -0.05) is 47.6 Å². The lowest BCUT2D eigenvalue weighted by Crippen LogP contribution is -2.31. The van der Waals surface area contributed by atoms with Crippen molar-refractivity contribution in [1.29, 1.82) is 0 Å². The number of nitrogens with zero attached hydrogens (tertiary/aromatic N) is 2. The molecule has 12 heteroatoms. The van der Waals surface area contributed by atoms with E-state index in [9.17, 15) is 26.4 Å². The first-order valence-electron chi connectivity index (χ1n) is 7.47. The maximum Gasteiger partial charge on any atom is 0.573 e. The summed E-state index contributed by atoms with van der Waals surface area (Å²) in [6.07, 6.45) is -5.12. The zero-order valence-electron chi connectivity index (χ0n) is 13.7. The van der Waals surface area contributed by atoms with Crippen molar-refractivity contribution in [2.24, 2.45) is 0 Å². The molecule has 0 radical (unpaired) electrons. The number of halogens is 3. The Balaban J connectivity index is 1.84. The van der Waals surface area contributed by atoms with Gasteiger partial charge in [0.1, 0.15) is 10.6 Å². The number of hydrogen-bond acceptors (Lipinski definition) is 7. The van der Waals surface area contributed by atoms with Crippen molar-refractivity contribution in [3.05, 3.63) is 60.5 Å². The van der Waals surface area contributed by atoms with Gasteiger partial charge in [-0.25, -0.2) is 13.1 Å². The van der Waals surface area contributed by atoms with E-state index >= 15 is 0 Å². The van der Waals surface area contributed by atoms with E-state index in [4.69, 9.17) is 4.52 Å². The fourth-order valence-corrected chi connectivity index (χ4v) is 3.20. The molecular weight excluding hydrogens is 403 g/mol. The van der Waals surface area contributed by atoms with Crippen LogP contribution in [0.25, 0.3) is 11.4 Å². The summed E-state index contributed by atoms with van der Waals surface area (Å²) in [7, 11) is -4.72. The topological polar surface area (TPSA) is 111 Å². The van der Waals surface area contributed by atoms with E-state index < -0.39 is 38.8 Å². The summed E-state index contributed by atoms with van der Waals surface area (Å²) in [6.45, 7) is 0. The molecule has 1 amide bonds. The highest BCUT2D eigenvalue weighted by Crippen LogP contribution is 2.29. The van der Waals surface area contributed by atoms with Crippen molar-refractivity contribution in [1.82, 2.24) is 14.9 Å². The van der Waals surface area contributed by atoms with Crippen molar-refractivity contribution >= 4 is 15.9 Å². The van der Waals surface area contributed by atoms with Crippen molar-refractivity contribution in [3.63, 3.8) is 0 Å². The average molecular weight is 413 g/mol. The molecule has 0 saturated heterocycles. The lowest BCUT2D eigenvalue weighted by Gasteiger charge is -2.13. The Hall–Kier alpha value is -3.41. The number of carbonyl (C=O) groups excluding carboxylic acids is 1. The Labute approximate surface area is 156 Å². The van der Waals surface area contributed by atoms with Gasteiger partial charge >= 0.3 is 18.2 Å². The quantitative estimate of drug-likeness (QED) is 0.685. The predicted octanol–water partition coefficient (Wildman–Crippen LogP) is 2.75. The maximum absolute atomic E-state index is 12.5. The first kappa shape index (κ1) is 19.4. The van der Waals surface area contributed by atoms with Gasteiger partial charge in [-0.15, -0.1) is 13.2 Å². The molecule has 0 aliphatic carbocycles. The lowest BCUT2D eigenvalue weighted by atomic mass is 10.2. The first-order valence-corrected chi connectivity index (χ1v) is 8.95. The number of amides is 1. The van der Waals surface area contributed by atoms with Gasteiger partial charge in [-0.2, -0.15) is 4.98 Å². The molecule has 0 fully saturated rings. The highest BCUT2D eigenvalue weighted by molar-refractivity contribution is 7.90. The molecule has 1 aromatic heterocycles. The molecule has 0 spiro atoms. The van der Waals surface area contributed by atoms with Gasteiger partial charge < -0.3 is 9.26 Å². The van der Waals surface area contributed by atoms with Crippen molar-refractivity contribution in [3.8, 4) is 17.1 Å². The maximum atomic E-state index is 12.5. The third-order valence-corrected chi connectivity index (χ3v) is 4.61. The van der Waals surface area contributed by atoms with E-state index in [1.807, 2.05) is 0 Å². The molecule has 0 saturated carbocycles. The molecule has 0 aliphatic rings.